The van der Waals surface area contributed by atoms with Crippen molar-refractivity contribution < 1.29 is 37.4 Å². The average Bonchev–Trinajstić information content (AvgIpc) is 2.90. The summed E-state index contributed by atoms with van der Waals surface area (Å²) in [6.07, 6.45) is -0.332. The highest BCUT2D eigenvalue weighted by atomic mass is 31.2. The van der Waals surface area contributed by atoms with Crippen LogP contribution in [0.4, 0.5) is 0 Å². The van der Waals surface area contributed by atoms with E-state index in [1.165, 1.54) is 14.2 Å². The maximum atomic E-state index is 12.5. The number of ketones is 1. The molecule has 3 aromatic carbocycles. The van der Waals surface area contributed by atoms with Crippen molar-refractivity contribution in [2.75, 3.05) is 34.0 Å². The number of ether oxygens (including phenoxy) is 4. The number of Topliss-reactive ketones (excluding diaryl/α,β-unsaturated/α-hetero) is 1. The molecular weight excluding hydrogens is 483 g/mol. The summed E-state index contributed by atoms with van der Waals surface area (Å²) in [7, 11) is -0.946. The summed E-state index contributed by atoms with van der Waals surface area (Å²) in [5.74, 6) is 0.631. The Balaban J connectivity index is 1.61. The predicted molar refractivity (Wildman–Crippen MR) is 135 cm³/mol. The van der Waals surface area contributed by atoms with Gasteiger partial charge < -0.3 is 28.0 Å². The van der Waals surface area contributed by atoms with Gasteiger partial charge in [0.15, 0.2) is 13.6 Å². The zero-order valence-electron chi connectivity index (χ0n) is 20.5. The Kier molecular flexibility index (Phi) is 11.1. The van der Waals surface area contributed by atoms with Crippen molar-refractivity contribution in [2.45, 2.75) is 19.6 Å². The Labute approximate surface area is 211 Å². The molecule has 192 valence electrons. The summed E-state index contributed by atoms with van der Waals surface area (Å²) < 4.78 is 44.8. The monoisotopic (exact) mass is 514 g/mol. The fraction of sp³-hybridized carbons (Fsp3) is 0.296. The predicted octanol–water partition coefficient (Wildman–Crippen LogP) is 5.39. The Morgan fingerprint density at radius 1 is 0.694 bits per heavy atom. The van der Waals surface area contributed by atoms with E-state index in [1.807, 2.05) is 60.7 Å². The van der Waals surface area contributed by atoms with E-state index in [4.69, 9.17) is 28.0 Å². The molecule has 36 heavy (non-hydrogen) atoms. The fourth-order valence-corrected chi connectivity index (χ4v) is 4.24. The normalized spacial score (nSPS) is 11.3. The molecule has 0 saturated carbocycles. The van der Waals surface area contributed by atoms with E-state index in [-0.39, 0.29) is 32.0 Å². The summed E-state index contributed by atoms with van der Waals surface area (Å²) in [5, 5.41) is 0. The fourth-order valence-electron chi connectivity index (χ4n) is 3.29. The SMILES string of the molecule is COP(=O)(CC(=O)Cc1cc(OCOCc2ccccc2)cc(OCOCc2ccccc2)c1)OC. The van der Waals surface area contributed by atoms with Crippen LogP contribution >= 0.6 is 7.60 Å². The van der Waals surface area contributed by atoms with Crippen LogP contribution in [0.2, 0.25) is 0 Å². The lowest BCUT2D eigenvalue weighted by molar-refractivity contribution is -0.116. The Bertz CT molecular complexity index is 1050. The molecule has 3 aromatic rings. The summed E-state index contributed by atoms with van der Waals surface area (Å²) in [6.45, 7) is 0.829. The number of carbonyl (C=O) groups excluding carboxylic acids is 1. The number of hydrogen-bond donors (Lipinski definition) is 0. The molecule has 0 heterocycles. The zero-order valence-corrected chi connectivity index (χ0v) is 21.4. The summed E-state index contributed by atoms with van der Waals surface area (Å²) in [6, 6.07) is 24.6. The lowest BCUT2D eigenvalue weighted by Crippen LogP contribution is -2.11. The lowest BCUT2D eigenvalue weighted by Gasteiger charge is -2.14. The van der Waals surface area contributed by atoms with Crippen LogP contribution in [0.1, 0.15) is 16.7 Å². The van der Waals surface area contributed by atoms with Gasteiger partial charge >= 0.3 is 7.60 Å². The number of hydrogen-bond acceptors (Lipinski definition) is 8. The van der Waals surface area contributed by atoms with Crippen molar-refractivity contribution >= 4 is 13.4 Å². The minimum atomic E-state index is -3.45. The summed E-state index contributed by atoms with van der Waals surface area (Å²) in [5.41, 5.74) is 2.68. The van der Waals surface area contributed by atoms with Gasteiger partial charge in [-0.15, -0.1) is 0 Å². The molecule has 0 N–H and O–H groups in total. The van der Waals surface area contributed by atoms with E-state index in [9.17, 15) is 9.36 Å². The highest BCUT2D eigenvalue weighted by molar-refractivity contribution is 7.54. The summed E-state index contributed by atoms with van der Waals surface area (Å²) in [4.78, 5) is 12.5. The van der Waals surface area contributed by atoms with Gasteiger partial charge in [0.25, 0.3) is 0 Å². The quantitative estimate of drug-likeness (QED) is 0.143. The number of benzene rings is 3. The molecule has 0 spiro atoms. The zero-order chi connectivity index (χ0) is 25.6. The molecule has 0 aromatic heterocycles. The number of rotatable bonds is 16. The Morgan fingerprint density at radius 3 is 1.61 bits per heavy atom. The number of carbonyl (C=O) groups is 1. The van der Waals surface area contributed by atoms with Crippen molar-refractivity contribution in [3.8, 4) is 11.5 Å². The van der Waals surface area contributed by atoms with E-state index in [0.717, 1.165) is 11.1 Å². The van der Waals surface area contributed by atoms with Crippen LogP contribution in [0.5, 0.6) is 11.5 Å². The second-order valence-electron chi connectivity index (χ2n) is 7.85. The van der Waals surface area contributed by atoms with Gasteiger partial charge in [-0.05, 0) is 28.8 Å². The van der Waals surface area contributed by atoms with E-state index in [0.29, 0.717) is 30.3 Å². The Hall–Kier alpha value is -3.00. The molecule has 0 aliphatic carbocycles. The lowest BCUT2D eigenvalue weighted by atomic mass is 10.1. The molecule has 0 saturated heterocycles. The first kappa shape index (κ1) is 27.6. The van der Waals surface area contributed by atoms with E-state index in [2.05, 4.69) is 0 Å². The first-order valence-electron chi connectivity index (χ1n) is 11.3. The molecule has 3 rings (SSSR count). The molecule has 0 atom stereocenters. The minimum Gasteiger partial charge on any atom is -0.467 e. The van der Waals surface area contributed by atoms with Crippen molar-refractivity contribution in [1.82, 2.24) is 0 Å². The third kappa shape index (κ3) is 9.57. The summed E-state index contributed by atoms with van der Waals surface area (Å²) >= 11 is 0. The minimum absolute atomic E-state index is 0.0000149. The standard InChI is InChI=1S/C27H31O8P/c1-30-36(29,31-2)19-25(28)13-24-14-26(34-20-32-17-22-9-5-3-6-10-22)16-27(15-24)35-21-33-18-23-11-7-4-8-12-23/h3-12,14-16H,13,17-21H2,1-2H3. The molecule has 8 nitrogen and oxygen atoms in total. The van der Waals surface area contributed by atoms with Gasteiger partial charge in [-0.25, -0.2) is 0 Å². The second-order valence-corrected chi connectivity index (χ2v) is 10.1. The molecule has 0 aliphatic heterocycles. The highest BCUT2D eigenvalue weighted by Crippen LogP contribution is 2.46. The third-order valence-corrected chi connectivity index (χ3v) is 6.96. The van der Waals surface area contributed by atoms with Crippen LogP contribution in [-0.4, -0.2) is 39.8 Å². The topological polar surface area (TPSA) is 89.5 Å². The van der Waals surface area contributed by atoms with Gasteiger partial charge in [0, 0.05) is 26.7 Å². The molecular formula is C27H31O8P. The van der Waals surface area contributed by atoms with E-state index < -0.39 is 7.60 Å². The van der Waals surface area contributed by atoms with Crippen LogP contribution in [0.25, 0.3) is 0 Å². The van der Waals surface area contributed by atoms with Crippen LogP contribution in [0.15, 0.2) is 78.9 Å². The third-order valence-electron chi connectivity index (χ3n) is 5.11. The van der Waals surface area contributed by atoms with Crippen LogP contribution in [-0.2, 0) is 47.5 Å². The molecule has 0 amide bonds. The van der Waals surface area contributed by atoms with Crippen molar-refractivity contribution in [3.05, 3.63) is 95.6 Å². The molecule has 0 aliphatic rings. The molecule has 0 fully saturated rings. The first-order chi connectivity index (χ1) is 17.5. The second kappa shape index (κ2) is 14.5. The molecule has 0 radical (unpaired) electrons. The smallest absolute Gasteiger partial charge is 0.337 e. The maximum absolute atomic E-state index is 12.5. The molecule has 0 unspecified atom stereocenters. The van der Waals surface area contributed by atoms with Crippen LogP contribution in [0.3, 0.4) is 0 Å². The average molecular weight is 515 g/mol. The van der Waals surface area contributed by atoms with E-state index in [1.54, 1.807) is 18.2 Å². The molecule has 0 bridgehead atoms. The van der Waals surface area contributed by atoms with Gasteiger partial charge in [-0.1, -0.05) is 60.7 Å². The maximum Gasteiger partial charge on any atom is 0.337 e. The van der Waals surface area contributed by atoms with Gasteiger partial charge in [-0.2, -0.15) is 0 Å². The van der Waals surface area contributed by atoms with Crippen LogP contribution in [0, 0.1) is 0 Å². The van der Waals surface area contributed by atoms with Crippen molar-refractivity contribution in [1.29, 1.82) is 0 Å². The Morgan fingerprint density at radius 2 is 1.17 bits per heavy atom. The largest absolute Gasteiger partial charge is 0.467 e. The van der Waals surface area contributed by atoms with Gasteiger partial charge in [-0.3, -0.25) is 9.36 Å². The van der Waals surface area contributed by atoms with Crippen molar-refractivity contribution in [3.63, 3.8) is 0 Å². The molecule has 9 heteroatoms. The van der Waals surface area contributed by atoms with Crippen molar-refractivity contribution in [2.24, 2.45) is 0 Å². The highest BCUT2D eigenvalue weighted by Gasteiger charge is 2.25. The van der Waals surface area contributed by atoms with E-state index >= 15 is 0 Å². The van der Waals surface area contributed by atoms with Gasteiger partial charge in [0.2, 0.25) is 0 Å². The van der Waals surface area contributed by atoms with Crippen LogP contribution < -0.4 is 9.47 Å². The van der Waals surface area contributed by atoms with Gasteiger partial charge in [0.05, 0.1) is 13.2 Å². The van der Waals surface area contributed by atoms with Gasteiger partial charge in [0.1, 0.15) is 23.4 Å². The first-order valence-corrected chi connectivity index (χ1v) is 13.1.